The molecule has 0 spiro atoms. The highest BCUT2D eigenvalue weighted by Gasteiger charge is 2.29. The van der Waals surface area contributed by atoms with E-state index >= 15 is 0 Å². The van der Waals surface area contributed by atoms with E-state index in [1.54, 1.807) is 25.1 Å². The molecular formula is C19H19Cl2N3O2. The van der Waals surface area contributed by atoms with Crippen LogP contribution in [-0.4, -0.2) is 17.9 Å². The third kappa shape index (κ3) is 5.13. The van der Waals surface area contributed by atoms with Crippen LogP contribution in [0.15, 0.2) is 42.5 Å². The summed E-state index contributed by atoms with van der Waals surface area (Å²) >= 11 is 11.9. The molecule has 0 heterocycles. The average Bonchev–Trinajstić information content (AvgIpc) is 3.40. The van der Waals surface area contributed by atoms with Crippen molar-refractivity contribution in [2.45, 2.75) is 25.8 Å². The van der Waals surface area contributed by atoms with Crippen LogP contribution < -0.4 is 16.0 Å². The van der Waals surface area contributed by atoms with Crippen molar-refractivity contribution >= 4 is 52.1 Å². The third-order valence-corrected chi connectivity index (χ3v) is 4.44. The summed E-state index contributed by atoms with van der Waals surface area (Å²) in [6.07, 6.45) is 1.94. The molecule has 0 bridgehead atoms. The van der Waals surface area contributed by atoms with Crippen molar-refractivity contribution in [1.29, 1.82) is 0 Å². The number of amides is 2. The molecule has 7 heteroatoms. The lowest BCUT2D eigenvalue weighted by Crippen LogP contribution is -2.31. The Morgan fingerprint density at radius 2 is 1.50 bits per heavy atom. The molecule has 3 rings (SSSR count). The van der Waals surface area contributed by atoms with Crippen molar-refractivity contribution in [2.75, 3.05) is 16.0 Å². The van der Waals surface area contributed by atoms with Crippen molar-refractivity contribution in [3.05, 3.63) is 52.5 Å². The second kappa shape index (κ2) is 7.98. The summed E-state index contributed by atoms with van der Waals surface area (Å²) in [5.41, 5.74) is 2.07. The molecule has 0 saturated heterocycles. The molecule has 0 unspecified atom stereocenters. The average molecular weight is 392 g/mol. The minimum absolute atomic E-state index is 0.0682. The van der Waals surface area contributed by atoms with E-state index in [0.29, 0.717) is 15.7 Å². The van der Waals surface area contributed by atoms with Crippen molar-refractivity contribution < 1.29 is 9.59 Å². The maximum Gasteiger partial charge on any atom is 0.246 e. The quantitative estimate of drug-likeness (QED) is 0.663. The standard InChI is InChI=1S/C19H19Cl2N3O2/c1-11(18(25)24-17-9-13(20)8-14(21)10-17)22-15-4-6-16(7-5-15)23-19(26)12-2-3-12/h4-12,22H,2-3H2,1H3,(H,23,26)(H,24,25)/t11-/m0/s1. The van der Waals surface area contributed by atoms with Crippen LogP contribution in [0.25, 0.3) is 0 Å². The van der Waals surface area contributed by atoms with Gasteiger partial charge in [0.25, 0.3) is 0 Å². The van der Waals surface area contributed by atoms with Gasteiger partial charge in [-0.1, -0.05) is 23.2 Å². The second-order valence-corrected chi connectivity index (χ2v) is 7.23. The van der Waals surface area contributed by atoms with Crippen LogP contribution in [0.2, 0.25) is 10.0 Å². The Bertz CT molecular complexity index is 800. The zero-order chi connectivity index (χ0) is 18.7. The molecule has 1 aliphatic rings. The minimum Gasteiger partial charge on any atom is -0.374 e. The van der Waals surface area contributed by atoms with Crippen LogP contribution in [0.5, 0.6) is 0 Å². The van der Waals surface area contributed by atoms with Gasteiger partial charge in [-0.25, -0.2) is 0 Å². The van der Waals surface area contributed by atoms with Gasteiger partial charge >= 0.3 is 0 Å². The molecule has 5 nitrogen and oxygen atoms in total. The molecule has 1 saturated carbocycles. The molecule has 26 heavy (non-hydrogen) atoms. The van der Waals surface area contributed by atoms with E-state index in [1.165, 1.54) is 0 Å². The summed E-state index contributed by atoms with van der Waals surface area (Å²) < 4.78 is 0. The number of benzene rings is 2. The van der Waals surface area contributed by atoms with Crippen LogP contribution in [0.3, 0.4) is 0 Å². The van der Waals surface area contributed by atoms with Crippen molar-refractivity contribution in [1.82, 2.24) is 0 Å². The van der Waals surface area contributed by atoms with Crippen molar-refractivity contribution in [3.63, 3.8) is 0 Å². The molecule has 3 N–H and O–H groups in total. The number of halogens is 2. The molecule has 2 amide bonds. The van der Waals surface area contributed by atoms with E-state index in [0.717, 1.165) is 24.2 Å². The van der Waals surface area contributed by atoms with Gasteiger partial charge in [0.05, 0.1) is 0 Å². The minimum atomic E-state index is -0.473. The smallest absolute Gasteiger partial charge is 0.246 e. The molecule has 0 aliphatic heterocycles. The number of rotatable bonds is 6. The molecule has 136 valence electrons. The van der Waals surface area contributed by atoms with E-state index in [1.807, 2.05) is 24.3 Å². The zero-order valence-electron chi connectivity index (χ0n) is 14.2. The van der Waals surface area contributed by atoms with Gasteiger partial charge in [0.15, 0.2) is 0 Å². The molecule has 0 radical (unpaired) electrons. The van der Waals surface area contributed by atoms with Gasteiger partial charge in [0, 0.05) is 33.0 Å². The first kappa shape index (κ1) is 18.5. The summed E-state index contributed by atoms with van der Waals surface area (Å²) in [5, 5.41) is 9.68. The normalized spacial score (nSPS) is 14.4. The van der Waals surface area contributed by atoms with E-state index in [-0.39, 0.29) is 17.7 Å². The molecule has 1 aliphatic carbocycles. The topological polar surface area (TPSA) is 70.2 Å². The third-order valence-electron chi connectivity index (χ3n) is 4.01. The number of carbonyl (C=O) groups is 2. The highest BCUT2D eigenvalue weighted by atomic mass is 35.5. The van der Waals surface area contributed by atoms with Gasteiger partial charge in [0.2, 0.25) is 11.8 Å². The largest absolute Gasteiger partial charge is 0.374 e. The lowest BCUT2D eigenvalue weighted by Gasteiger charge is -2.16. The number of anilines is 3. The van der Waals surface area contributed by atoms with Crippen LogP contribution in [-0.2, 0) is 9.59 Å². The van der Waals surface area contributed by atoms with Crippen molar-refractivity contribution in [2.24, 2.45) is 5.92 Å². The Morgan fingerprint density at radius 1 is 0.923 bits per heavy atom. The Hall–Kier alpha value is -2.24. The molecule has 2 aromatic rings. The van der Waals surface area contributed by atoms with E-state index in [4.69, 9.17) is 23.2 Å². The number of hydrogen-bond donors (Lipinski definition) is 3. The van der Waals surface area contributed by atoms with E-state index in [9.17, 15) is 9.59 Å². The fraction of sp³-hybridized carbons (Fsp3) is 0.263. The maximum atomic E-state index is 12.3. The van der Waals surface area contributed by atoms with E-state index < -0.39 is 6.04 Å². The predicted octanol–water partition coefficient (Wildman–Crippen LogP) is 4.78. The summed E-state index contributed by atoms with van der Waals surface area (Å²) in [7, 11) is 0. The summed E-state index contributed by atoms with van der Waals surface area (Å²) in [5.74, 6) is 0.0181. The van der Waals surface area contributed by atoms with Crippen LogP contribution in [0.4, 0.5) is 17.1 Å². The number of carbonyl (C=O) groups excluding carboxylic acids is 2. The second-order valence-electron chi connectivity index (χ2n) is 6.35. The Morgan fingerprint density at radius 3 is 2.08 bits per heavy atom. The summed E-state index contributed by atoms with van der Waals surface area (Å²) in [6.45, 7) is 1.75. The first-order chi connectivity index (χ1) is 12.4. The summed E-state index contributed by atoms with van der Waals surface area (Å²) in [6, 6.07) is 11.7. The zero-order valence-corrected chi connectivity index (χ0v) is 15.7. The van der Waals surface area contributed by atoms with Crippen LogP contribution in [0.1, 0.15) is 19.8 Å². The van der Waals surface area contributed by atoms with Crippen LogP contribution in [0, 0.1) is 5.92 Å². The van der Waals surface area contributed by atoms with Gasteiger partial charge in [-0.05, 0) is 62.2 Å². The lowest BCUT2D eigenvalue weighted by atomic mass is 10.2. The fourth-order valence-corrected chi connectivity index (χ4v) is 2.96. The lowest BCUT2D eigenvalue weighted by molar-refractivity contribution is -0.117. The van der Waals surface area contributed by atoms with Crippen LogP contribution >= 0.6 is 23.2 Å². The first-order valence-corrected chi connectivity index (χ1v) is 9.11. The Balaban J connectivity index is 1.55. The SMILES string of the molecule is C[C@H](Nc1ccc(NC(=O)C2CC2)cc1)C(=O)Nc1cc(Cl)cc(Cl)c1. The van der Waals surface area contributed by atoms with Gasteiger partial charge in [-0.3, -0.25) is 9.59 Å². The van der Waals surface area contributed by atoms with E-state index in [2.05, 4.69) is 16.0 Å². The molecule has 1 atom stereocenters. The Kier molecular flexibility index (Phi) is 5.69. The summed E-state index contributed by atoms with van der Waals surface area (Å²) in [4.78, 5) is 24.1. The fourth-order valence-electron chi connectivity index (χ4n) is 2.43. The van der Waals surface area contributed by atoms with Gasteiger partial charge < -0.3 is 16.0 Å². The highest BCUT2D eigenvalue weighted by molar-refractivity contribution is 6.35. The van der Waals surface area contributed by atoms with Crippen molar-refractivity contribution in [3.8, 4) is 0 Å². The predicted molar refractivity (Wildman–Crippen MR) is 106 cm³/mol. The number of hydrogen-bond acceptors (Lipinski definition) is 3. The van der Waals surface area contributed by atoms with Gasteiger partial charge in [0.1, 0.15) is 6.04 Å². The van der Waals surface area contributed by atoms with Gasteiger partial charge in [-0.2, -0.15) is 0 Å². The highest BCUT2D eigenvalue weighted by Crippen LogP contribution is 2.30. The molecule has 2 aromatic carbocycles. The molecule has 1 fully saturated rings. The maximum absolute atomic E-state index is 12.3. The monoisotopic (exact) mass is 391 g/mol. The molecular weight excluding hydrogens is 373 g/mol. The Labute approximate surface area is 162 Å². The first-order valence-electron chi connectivity index (χ1n) is 8.35. The number of nitrogens with one attached hydrogen (secondary N) is 3. The van der Waals surface area contributed by atoms with Gasteiger partial charge in [-0.15, -0.1) is 0 Å². The molecule has 0 aromatic heterocycles.